The van der Waals surface area contributed by atoms with Gasteiger partial charge in [-0.25, -0.2) is 9.79 Å². The highest BCUT2D eigenvalue weighted by Gasteiger charge is 1.92. The molecule has 0 unspecified atom stereocenters. The zero-order valence-corrected chi connectivity index (χ0v) is 8.49. The molecule has 2 heteroatoms. The Bertz CT molecular complexity index is 310. The van der Waals surface area contributed by atoms with Gasteiger partial charge in [-0.15, -0.1) is 0 Å². The summed E-state index contributed by atoms with van der Waals surface area (Å²) in [4.78, 5) is 13.3. The maximum atomic E-state index is 9.78. The predicted molar refractivity (Wildman–Crippen MR) is 57.1 cm³/mol. The second kappa shape index (κ2) is 6.11. The molecule has 0 saturated heterocycles. The van der Waals surface area contributed by atoms with Crippen molar-refractivity contribution in [3.05, 3.63) is 35.4 Å². The van der Waals surface area contributed by atoms with E-state index >= 15 is 0 Å². The van der Waals surface area contributed by atoms with Crippen LogP contribution in [0.2, 0.25) is 0 Å². The highest BCUT2D eigenvalue weighted by atomic mass is 16.1. The minimum absolute atomic E-state index is 0.607. The molecule has 2 nitrogen and oxygen atoms in total. The summed E-state index contributed by atoms with van der Waals surface area (Å²) in [6, 6.07) is 8.55. The smallest absolute Gasteiger partial charge is 0.211 e. The molecule has 0 aromatic heterocycles. The third-order valence-corrected chi connectivity index (χ3v) is 2.17. The van der Waals surface area contributed by atoms with Crippen LogP contribution < -0.4 is 0 Å². The van der Waals surface area contributed by atoms with Gasteiger partial charge in [0.2, 0.25) is 6.08 Å². The highest BCUT2D eigenvalue weighted by Crippen LogP contribution is 2.06. The number of hydrogen-bond acceptors (Lipinski definition) is 2. The third-order valence-electron chi connectivity index (χ3n) is 2.17. The molecule has 0 aliphatic rings. The molecule has 0 spiro atoms. The Kier molecular flexibility index (Phi) is 4.66. The number of rotatable bonds is 5. The van der Waals surface area contributed by atoms with Gasteiger partial charge in [-0.2, -0.15) is 0 Å². The summed E-state index contributed by atoms with van der Waals surface area (Å²) in [6.07, 6.45) is 4.65. The molecular weight excluding hydrogens is 174 g/mol. The van der Waals surface area contributed by atoms with Gasteiger partial charge in [-0.05, 0) is 31.7 Å². The molecule has 0 N–H and O–H groups in total. The first-order chi connectivity index (χ1) is 6.83. The molecule has 0 radical (unpaired) electrons. The van der Waals surface area contributed by atoms with Gasteiger partial charge in [0.25, 0.3) is 0 Å². The van der Waals surface area contributed by atoms with Crippen LogP contribution in [0.5, 0.6) is 0 Å². The Morgan fingerprint density at radius 2 is 1.93 bits per heavy atom. The van der Waals surface area contributed by atoms with Crippen molar-refractivity contribution in [2.75, 3.05) is 6.54 Å². The standard InChI is InChI=1S/C12H15NO/c1-11-5-7-12(8-6-11)4-2-3-9-13-10-14/h5-8H,2-4,9H2,1H3. The fourth-order valence-electron chi connectivity index (χ4n) is 1.32. The average Bonchev–Trinajstić information content (AvgIpc) is 2.21. The van der Waals surface area contributed by atoms with Crippen LogP contribution in [0.4, 0.5) is 0 Å². The minimum Gasteiger partial charge on any atom is -0.211 e. The Morgan fingerprint density at radius 3 is 2.57 bits per heavy atom. The van der Waals surface area contributed by atoms with Gasteiger partial charge in [0, 0.05) is 0 Å². The monoisotopic (exact) mass is 189 g/mol. The molecule has 0 atom stereocenters. The second-order valence-electron chi connectivity index (χ2n) is 3.42. The van der Waals surface area contributed by atoms with E-state index in [1.165, 1.54) is 11.1 Å². The van der Waals surface area contributed by atoms with Gasteiger partial charge >= 0.3 is 0 Å². The molecular formula is C12H15NO. The van der Waals surface area contributed by atoms with Crippen molar-refractivity contribution < 1.29 is 4.79 Å². The molecule has 1 aromatic rings. The number of aryl methyl sites for hydroxylation is 2. The molecule has 1 rings (SSSR count). The molecule has 0 saturated carbocycles. The van der Waals surface area contributed by atoms with E-state index in [9.17, 15) is 4.79 Å². The second-order valence-corrected chi connectivity index (χ2v) is 3.42. The Labute approximate surface area is 84.7 Å². The number of isocyanates is 1. The summed E-state index contributed by atoms with van der Waals surface area (Å²) in [7, 11) is 0. The Hall–Kier alpha value is -1.40. The molecule has 0 bridgehead atoms. The lowest BCUT2D eigenvalue weighted by Crippen LogP contribution is -1.87. The summed E-state index contributed by atoms with van der Waals surface area (Å²) in [5.74, 6) is 0. The van der Waals surface area contributed by atoms with Crippen molar-refractivity contribution in [3.63, 3.8) is 0 Å². The molecule has 14 heavy (non-hydrogen) atoms. The first-order valence-electron chi connectivity index (χ1n) is 4.92. The lowest BCUT2D eigenvalue weighted by atomic mass is 10.1. The van der Waals surface area contributed by atoms with Crippen molar-refractivity contribution in [1.29, 1.82) is 0 Å². The number of benzene rings is 1. The van der Waals surface area contributed by atoms with Gasteiger partial charge in [-0.3, -0.25) is 0 Å². The van der Waals surface area contributed by atoms with Gasteiger partial charge in [0.15, 0.2) is 0 Å². The topological polar surface area (TPSA) is 29.4 Å². The van der Waals surface area contributed by atoms with Crippen LogP contribution in [-0.2, 0) is 11.2 Å². The van der Waals surface area contributed by atoms with E-state index < -0.39 is 0 Å². The van der Waals surface area contributed by atoms with Gasteiger partial charge < -0.3 is 0 Å². The van der Waals surface area contributed by atoms with Crippen molar-refractivity contribution >= 4 is 6.08 Å². The van der Waals surface area contributed by atoms with E-state index in [-0.39, 0.29) is 0 Å². The van der Waals surface area contributed by atoms with Crippen LogP contribution in [0.15, 0.2) is 29.3 Å². The summed E-state index contributed by atoms with van der Waals surface area (Å²) in [6.45, 7) is 2.69. The third kappa shape index (κ3) is 4.01. The SMILES string of the molecule is Cc1ccc(CCCCN=C=O)cc1. The molecule has 1 aromatic carbocycles. The van der Waals surface area contributed by atoms with Gasteiger partial charge in [-0.1, -0.05) is 29.8 Å². The van der Waals surface area contributed by atoms with E-state index in [1.54, 1.807) is 6.08 Å². The van der Waals surface area contributed by atoms with Crippen LogP contribution in [0.25, 0.3) is 0 Å². The maximum absolute atomic E-state index is 9.78. The molecule has 0 aliphatic heterocycles. The molecule has 0 amide bonds. The molecule has 0 fully saturated rings. The number of hydrogen-bond donors (Lipinski definition) is 0. The van der Waals surface area contributed by atoms with Crippen LogP contribution >= 0.6 is 0 Å². The van der Waals surface area contributed by atoms with Crippen molar-refractivity contribution in [2.24, 2.45) is 4.99 Å². The lowest BCUT2D eigenvalue weighted by molar-refractivity contribution is 0.562. The van der Waals surface area contributed by atoms with Gasteiger partial charge in [0.1, 0.15) is 0 Å². The van der Waals surface area contributed by atoms with E-state index in [4.69, 9.17) is 0 Å². The fraction of sp³-hybridized carbons (Fsp3) is 0.417. The van der Waals surface area contributed by atoms with Crippen molar-refractivity contribution in [1.82, 2.24) is 0 Å². The highest BCUT2D eigenvalue weighted by molar-refractivity contribution is 5.32. The molecule has 74 valence electrons. The summed E-state index contributed by atoms with van der Waals surface area (Å²) in [5, 5.41) is 0. The van der Waals surface area contributed by atoms with E-state index in [2.05, 4.69) is 36.2 Å². The Balaban J connectivity index is 2.24. The normalized spacial score (nSPS) is 9.50. The van der Waals surface area contributed by atoms with Crippen molar-refractivity contribution in [2.45, 2.75) is 26.2 Å². The summed E-state index contributed by atoms with van der Waals surface area (Å²) >= 11 is 0. The van der Waals surface area contributed by atoms with Crippen LogP contribution in [-0.4, -0.2) is 12.6 Å². The summed E-state index contributed by atoms with van der Waals surface area (Å²) in [5.41, 5.74) is 2.64. The van der Waals surface area contributed by atoms with Crippen LogP contribution in [0.1, 0.15) is 24.0 Å². The first kappa shape index (κ1) is 10.7. The van der Waals surface area contributed by atoms with Crippen LogP contribution in [0.3, 0.4) is 0 Å². The predicted octanol–water partition coefficient (Wildman–Crippen LogP) is 2.65. The fourth-order valence-corrected chi connectivity index (χ4v) is 1.32. The molecule has 0 aliphatic carbocycles. The first-order valence-corrected chi connectivity index (χ1v) is 4.92. The Morgan fingerprint density at radius 1 is 1.21 bits per heavy atom. The zero-order valence-electron chi connectivity index (χ0n) is 8.49. The van der Waals surface area contributed by atoms with E-state index in [0.717, 1.165) is 19.3 Å². The zero-order chi connectivity index (χ0) is 10.2. The quantitative estimate of drug-likeness (QED) is 0.398. The number of aliphatic imine (C=N–C) groups is 1. The van der Waals surface area contributed by atoms with E-state index in [1.807, 2.05) is 0 Å². The number of nitrogens with zero attached hydrogens (tertiary/aromatic N) is 1. The van der Waals surface area contributed by atoms with Crippen LogP contribution in [0, 0.1) is 6.92 Å². The maximum Gasteiger partial charge on any atom is 0.234 e. The van der Waals surface area contributed by atoms with E-state index in [0.29, 0.717) is 6.54 Å². The van der Waals surface area contributed by atoms with Crippen molar-refractivity contribution in [3.8, 4) is 0 Å². The largest absolute Gasteiger partial charge is 0.234 e. The minimum atomic E-state index is 0.607. The lowest BCUT2D eigenvalue weighted by Gasteiger charge is -2.00. The van der Waals surface area contributed by atoms with Gasteiger partial charge in [0.05, 0.1) is 6.54 Å². The average molecular weight is 189 g/mol. The number of carbonyl (C=O) groups excluding carboxylic acids is 1. The summed E-state index contributed by atoms with van der Waals surface area (Å²) < 4.78 is 0. The molecule has 0 heterocycles. The number of unbranched alkanes of at least 4 members (excludes halogenated alkanes) is 1.